The molecule has 31 heavy (non-hydrogen) atoms. The van der Waals surface area contributed by atoms with Gasteiger partial charge in [0.05, 0.1) is 0 Å². The van der Waals surface area contributed by atoms with Gasteiger partial charge in [0.2, 0.25) is 5.13 Å². The minimum atomic E-state index is -0.247. The van der Waals surface area contributed by atoms with Crippen molar-refractivity contribution in [3.63, 3.8) is 0 Å². The quantitative estimate of drug-likeness (QED) is 0.331. The average molecular weight is 451 g/mol. The van der Waals surface area contributed by atoms with Gasteiger partial charge in [-0.05, 0) is 47.5 Å². The highest BCUT2D eigenvalue weighted by Gasteiger charge is 2.08. The number of amides is 1. The summed E-state index contributed by atoms with van der Waals surface area (Å²) in [6, 6.07) is 23.3. The average Bonchev–Trinajstić information content (AvgIpc) is 3.26. The number of aromatic nitrogens is 2. The van der Waals surface area contributed by atoms with Crippen molar-refractivity contribution in [1.29, 1.82) is 0 Å². The minimum absolute atomic E-state index is 0.133. The van der Waals surface area contributed by atoms with E-state index in [0.29, 0.717) is 12.1 Å². The molecule has 1 aromatic heterocycles. The number of hydrogen-bond acceptors (Lipinski definition) is 6. The molecule has 2 N–H and O–H groups in total. The molecular formula is C23H19FN4OS2. The van der Waals surface area contributed by atoms with Crippen molar-refractivity contribution < 1.29 is 9.18 Å². The van der Waals surface area contributed by atoms with E-state index in [2.05, 4.69) is 20.8 Å². The number of para-hydroxylation sites is 1. The normalized spacial score (nSPS) is 10.6. The van der Waals surface area contributed by atoms with Crippen molar-refractivity contribution >= 4 is 39.8 Å². The summed E-state index contributed by atoms with van der Waals surface area (Å²) in [6.45, 7) is 0.562. The third-order valence-electron chi connectivity index (χ3n) is 4.37. The Bertz CT molecular complexity index is 1130. The summed E-state index contributed by atoms with van der Waals surface area (Å²) in [4.78, 5) is 12.3. The molecule has 156 valence electrons. The number of rotatable bonds is 8. The highest BCUT2D eigenvalue weighted by atomic mass is 32.2. The van der Waals surface area contributed by atoms with Crippen LogP contribution in [0.15, 0.2) is 83.2 Å². The molecule has 0 spiro atoms. The summed E-state index contributed by atoms with van der Waals surface area (Å²) in [5.41, 5.74) is 3.45. The molecule has 4 rings (SSSR count). The van der Waals surface area contributed by atoms with Crippen LogP contribution in [0.4, 0.5) is 15.2 Å². The monoisotopic (exact) mass is 450 g/mol. The summed E-state index contributed by atoms with van der Waals surface area (Å²) in [7, 11) is 0. The van der Waals surface area contributed by atoms with E-state index < -0.39 is 0 Å². The highest BCUT2D eigenvalue weighted by Crippen LogP contribution is 2.28. The summed E-state index contributed by atoms with van der Waals surface area (Å²) < 4.78 is 13.8. The van der Waals surface area contributed by atoms with Gasteiger partial charge in [-0.15, -0.1) is 10.2 Å². The van der Waals surface area contributed by atoms with Gasteiger partial charge in [-0.3, -0.25) is 4.79 Å². The summed E-state index contributed by atoms with van der Waals surface area (Å²) >= 11 is 3.06. The van der Waals surface area contributed by atoms with Crippen LogP contribution in [-0.2, 0) is 12.3 Å². The first kappa shape index (κ1) is 21.0. The number of nitrogens with zero attached hydrogens (tertiary/aromatic N) is 2. The SMILES string of the molecule is O=C(Nc1ccccc1)c1ccc(CSc2nnc(NCc3ccc(F)cc3)s2)cc1. The van der Waals surface area contributed by atoms with Crippen LogP contribution in [-0.4, -0.2) is 16.1 Å². The number of nitrogens with one attached hydrogen (secondary N) is 2. The molecule has 0 unspecified atom stereocenters. The second kappa shape index (κ2) is 10.2. The number of benzene rings is 3. The lowest BCUT2D eigenvalue weighted by molar-refractivity contribution is 0.102. The van der Waals surface area contributed by atoms with E-state index in [1.807, 2.05) is 54.6 Å². The van der Waals surface area contributed by atoms with Gasteiger partial charge in [0.15, 0.2) is 4.34 Å². The second-order valence-electron chi connectivity index (χ2n) is 6.66. The molecule has 0 aliphatic heterocycles. The van der Waals surface area contributed by atoms with Crippen LogP contribution < -0.4 is 10.6 Å². The molecule has 0 saturated carbocycles. The zero-order valence-corrected chi connectivity index (χ0v) is 18.0. The molecule has 4 aromatic rings. The van der Waals surface area contributed by atoms with E-state index in [4.69, 9.17) is 0 Å². The van der Waals surface area contributed by atoms with E-state index in [1.54, 1.807) is 23.9 Å². The fourth-order valence-electron chi connectivity index (χ4n) is 2.74. The Morgan fingerprint density at radius 3 is 2.35 bits per heavy atom. The van der Waals surface area contributed by atoms with Crippen LogP contribution in [0.1, 0.15) is 21.5 Å². The van der Waals surface area contributed by atoms with E-state index in [9.17, 15) is 9.18 Å². The largest absolute Gasteiger partial charge is 0.356 e. The molecule has 1 heterocycles. The first-order valence-electron chi connectivity index (χ1n) is 9.56. The molecule has 0 saturated heterocycles. The van der Waals surface area contributed by atoms with Crippen LogP contribution in [0.3, 0.4) is 0 Å². The van der Waals surface area contributed by atoms with Gasteiger partial charge in [-0.25, -0.2) is 4.39 Å². The fourth-order valence-corrected chi connectivity index (χ4v) is 4.45. The standard InChI is InChI=1S/C23H19FN4OS2/c24-19-12-8-16(9-13-19)14-25-22-27-28-23(31-22)30-15-17-6-10-18(11-7-17)21(29)26-20-4-2-1-3-5-20/h1-13H,14-15H2,(H,25,27)(H,26,29). The number of thioether (sulfide) groups is 1. The number of carbonyl (C=O) groups excluding carboxylic acids is 1. The van der Waals surface area contributed by atoms with E-state index >= 15 is 0 Å². The van der Waals surface area contributed by atoms with Gasteiger partial charge in [0, 0.05) is 23.5 Å². The van der Waals surface area contributed by atoms with Crippen LogP contribution in [0, 0.1) is 5.82 Å². The van der Waals surface area contributed by atoms with Gasteiger partial charge in [0.1, 0.15) is 5.82 Å². The molecular weight excluding hydrogens is 431 g/mol. The second-order valence-corrected chi connectivity index (χ2v) is 8.86. The Balaban J connectivity index is 1.26. The molecule has 1 amide bonds. The lowest BCUT2D eigenvalue weighted by Gasteiger charge is -2.06. The molecule has 0 aliphatic rings. The summed E-state index contributed by atoms with van der Waals surface area (Å²) in [5, 5.41) is 15.1. The number of anilines is 2. The predicted molar refractivity (Wildman–Crippen MR) is 124 cm³/mol. The maximum absolute atomic E-state index is 13.0. The van der Waals surface area contributed by atoms with Crippen molar-refractivity contribution in [2.24, 2.45) is 0 Å². The van der Waals surface area contributed by atoms with E-state index in [-0.39, 0.29) is 11.7 Å². The smallest absolute Gasteiger partial charge is 0.255 e. The Morgan fingerprint density at radius 1 is 0.903 bits per heavy atom. The van der Waals surface area contributed by atoms with Crippen molar-refractivity contribution in [2.75, 3.05) is 10.6 Å². The van der Waals surface area contributed by atoms with Gasteiger partial charge in [-0.2, -0.15) is 0 Å². The highest BCUT2D eigenvalue weighted by molar-refractivity contribution is 8.00. The van der Waals surface area contributed by atoms with Crippen LogP contribution in [0.25, 0.3) is 0 Å². The van der Waals surface area contributed by atoms with Crippen LogP contribution in [0.5, 0.6) is 0 Å². The zero-order chi connectivity index (χ0) is 21.5. The minimum Gasteiger partial charge on any atom is -0.356 e. The van der Waals surface area contributed by atoms with Gasteiger partial charge in [-0.1, -0.05) is 65.6 Å². The first-order chi connectivity index (χ1) is 15.2. The van der Waals surface area contributed by atoms with Gasteiger partial charge >= 0.3 is 0 Å². The molecule has 8 heteroatoms. The molecule has 0 bridgehead atoms. The predicted octanol–water partition coefficient (Wildman–Crippen LogP) is 5.83. The zero-order valence-electron chi connectivity index (χ0n) is 16.4. The maximum atomic E-state index is 13.0. The molecule has 0 fully saturated rings. The molecule has 0 radical (unpaired) electrons. The Kier molecular flexibility index (Phi) is 6.91. The van der Waals surface area contributed by atoms with E-state index in [0.717, 1.165) is 32.0 Å². The van der Waals surface area contributed by atoms with Gasteiger partial charge in [0.25, 0.3) is 5.91 Å². The van der Waals surface area contributed by atoms with Crippen molar-refractivity contribution in [3.05, 3.63) is 101 Å². The third-order valence-corrected chi connectivity index (χ3v) is 6.46. The molecule has 0 aliphatic carbocycles. The number of hydrogen-bond donors (Lipinski definition) is 2. The van der Waals surface area contributed by atoms with Crippen LogP contribution in [0.2, 0.25) is 0 Å². The van der Waals surface area contributed by atoms with Crippen molar-refractivity contribution in [1.82, 2.24) is 10.2 Å². The van der Waals surface area contributed by atoms with Crippen LogP contribution >= 0.6 is 23.1 Å². The Morgan fingerprint density at radius 2 is 1.61 bits per heavy atom. The topological polar surface area (TPSA) is 66.9 Å². The number of halogens is 1. The van der Waals surface area contributed by atoms with Crippen molar-refractivity contribution in [2.45, 2.75) is 16.6 Å². The molecule has 0 atom stereocenters. The molecule has 5 nitrogen and oxygen atoms in total. The Labute approximate surface area is 187 Å². The fraction of sp³-hybridized carbons (Fsp3) is 0.0870. The number of carbonyl (C=O) groups is 1. The Hall–Kier alpha value is -3.23. The summed E-state index contributed by atoms with van der Waals surface area (Å²) in [5.74, 6) is 0.349. The van der Waals surface area contributed by atoms with E-state index in [1.165, 1.54) is 23.5 Å². The maximum Gasteiger partial charge on any atom is 0.255 e. The first-order valence-corrected chi connectivity index (χ1v) is 11.4. The lowest BCUT2D eigenvalue weighted by Crippen LogP contribution is -2.11. The lowest BCUT2D eigenvalue weighted by atomic mass is 10.1. The van der Waals surface area contributed by atoms with Crippen molar-refractivity contribution in [3.8, 4) is 0 Å². The van der Waals surface area contributed by atoms with Gasteiger partial charge < -0.3 is 10.6 Å². The third kappa shape index (κ3) is 6.13. The molecule has 3 aromatic carbocycles. The summed E-state index contributed by atoms with van der Waals surface area (Å²) in [6.07, 6.45) is 0.